The third kappa shape index (κ3) is 4.00. The molecule has 0 radical (unpaired) electrons. The molecule has 3 aromatic heterocycles. The molecule has 5 aromatic rings. The third-order valence-electron chi connectivity index (χ3n) is 5.85. The molecule has 0 aliphatic rings. The molecular formula is C26H17F6N3. The van der Waals surface area contributed by atoms with Crippen molar-refractivity contribution in [2.24, 2.45) is 0 Å². The van der Waals surface area contributed by atoms with E-state index in [1.54, 1.807) is 48.5 Å². The van der Waals surface area contributed by atoms with E-state index in [-0.39, 0.29) is 11.7 Å². The lowest BCUT2D eigenvalue weighted by atomic mass is 10.0. The van der Waals surface area contributed by atoms with Gasteiger partial charge in [0, 0.05) is 16.5 Å². The van der Waals surface area contributed by atoms with Crippen LogP contribution in [-0.4, -0.2) is 14.4 Å². The average Bonchev–Trinajstić information content (AvgIpc) is 3.23. The van der Waals surface area contributed by atoms with Crippen molar-refractivity contribution in [1.82, 2.24) is 14.4 Å². The van der Waals surface area contributed by atoms with Gasteiger partial charge in [-0.1, -0.05) is 59.7 Å². The van der Waals surface area contributed by atoms with Gasteiger partial charge in [0.25, 0.3) is 0 Å². The minimum Gasteiger partial charge on any atom is -0.276 e. The minimum atomic E-state index is -5.07. The molecule has 5 rings (SSSR count). The van der Waals surface area contributed by atoms with Crippen LogP contribution in [0.25, 0.3) is 39.1 Å². The molecule has 0 spiro atoms. The largest absolute Gasteiger partial charge is 0.433 e. The SMILES string of the molecule is Cc1ccc(-c2cc3c(C(F)(F)F)cc(C(F)(F)F)nc3n3c(-c4ccc(C)cc4)cnc23)cc1. The number of pyridine rings is 2. The van der Waals surface area contributed by atoms with E-state index in [4.69, 9.17) is 0 Å². The highest BCUT2D eigenvalue weighted by atomic mass is 19.4. The van der Waals surface area contributed by atoms with Crippen LogP contribution in [0.4, 0.5) is 26.3 Å². The number of halogens is 6. The number of hydrogen-bond acceptors (Lipinski definition) is 2. The molecule has 2 aromatic carbocycles. The van der Waals surface area contributed by atoms with Crippen LogP contribution in [0.5, 0.6) is 0 Å². The molecule has 35 heavy (non-hydrogen) atoms. The monoisotopic (exact) mass is 485 g/mol. The van der Waals surface area contributed by atoms with Crippen LogP contribution in [0.2, 0.25) is 0 Å². The number of aryl methyl sites for hydroxylation is 2. The average molecular weight is 485 g/mol. The maximum Gasteiger partial charge on any atom is 0.433 e. The summed E-state index contributed by atoms with van der Waals surface area (Å²) in [4.78, 5) is 8.08. The summed E-state index contributed by atoms with van der Waals surface area (Å²) in [7, 11) is 0. The van der Waals surface area contributed by atoms with Gasteiger partial charge in [-0.2, -0.15) is 26.3 Å². The van der Waals surface area contributed by atoms with Crippen LogP contribution >= 0.6 is 0 Å². The van der Waals surface area contributed by atoms with Crippen molar-refractivity contribution in [1.29, 1.82) is 0 Å². The van der Waals surface area contributed by atoms with Gasteiger partial charge in [-0.15, -0.1) is 0 Å². The molecule has 0 unspecified atom stereocenters. The van der Waals surface area contributed by atoms with Crippen LogP contribution in [0.1, 0.15) is 22.4 Å². The zero-order chi connectivity index (χ0) is 25.1. The highest BCUT2D eigenvalue weighted by molar-refractivity contribution is 5.94. The Bertz CT molecular complexity index is 1560. The molecule has 0 atom stereocenters. The number of rotatable bonds is 2. The third-order valence-corrected chi connectivity index (χ3v) is 5.85. The lowest BCUT2D eigenvalue weighted by Gasteiger charge is -2.17. The fraction of sp³-hybridized carbons (Fsp3) is 0.154. The van der Waals surface area contributed by atoms with E-state index in [2.05, 4.69) is 9.97 Å². The number of nitrogens with zero attached hydrogens (tertiary/aromatic N) is 3. The molecule has 0 bridgehead atoms. The van der Waals surface area contributed by atoms with E-state index >= 15 is 0 Å². The summed E-state index contributed by atoms with van der Waals surface area (Å²) in [5, 5.41) is -0.445. The highest BCUT2D eigenvalue weighted by Crippen LogP contribution is 2.41. The number of imidazole rings is 1. The summed E-state index contributed by atoms with van der Waals surface area (Å²) < 4.78 is 84.2. The standard InChI is InChI=1S/C26H17F6N3/c1-14-3-7-16(8-4-14)18-11-19-20(25(27,28)29)12-22(26(30,31)32)34-24(19)35-21(13-33-23(18)35)17-9-5-15(2)6-10-17/h3-13H,1-2H3. The second kappa shape index (κ2) is 7.83. The maximum absolute atomic E-state index is 14.0. The van der Waals surface area contributed by atoms with Crippen LogP contribution in [0.3, 0.4) is 0 Å². The molecule has 0 aliphatic carbocycles. The van der Waals surface area contributed by atoms with Gasteiger partial charge in [-0.05, 0) is 31.5 Å². The molecule has 0 amide bonds. The quantitative estimate of drug-likeness (QED) is 0.238. The number of aromatic nitrogens is 3. The predicted molar refractivity (Wildman–Crippen MR) is 121 cm³/mol. The Morgan fingerprint density at radius 3 is 1.80 bits per heavy atom. The summed E-state index contributed by atoms with van der Waals surface area (Å²) >= 11 is 0. The molecule has 3 nitrogen and oxygen atoms in total. The number of alkyl halides is 6. The Balaban J connectivity index is 1.98. The fourth-order valence-corrected chi connectivity index (χ4v) is 4.07. The highest BCUT2D eigenvalue weighted by Gasteiger charge is 2.40. The smallest absolute Gasteiger partial charge is 0.276 e. The minimum absolute atomic E-state index is 0.0650. The van der Waals surface area contributed by atoms with Crippen molar-refractivity contribution in [3.8, 4) is 22.4 Å². The van der Waals surface area contributed by atoms with Crippen LogP contribution < -0.4 is 0 Å². The predicted octanol–water partition coefficient (Wildman–Crippen LogP) is 7.87. The molecule has 0 saturated carbocycles. The first-order valence-corrected chi connectivity index (χ1v) is 10.6. The van der Waals surface area contributed by atoms with Crippen molar-refractivity contribution >= 4 is 16.7 Å². The molecule has 178 valence electrons. The van der Waals surface area contributed by atoms with Gasteiger partial charge in [0.05, 0.1) is 17.5 Å². The first-order valence-electron chi connectivity index (χ1n) is 10.6. The topological polar surface area (TPSA) is 30.2 Å². The Hall–Kier alpha value is -3.88. The van der Waals surface area contributed by atoms with Crippen LogP contribution in [0, 0.1) is 13.8 Å². The van der Waals surface area contributed by atoms with Gasteiger partial charge >= 0.3 is 12.4 Å². The summed E-state index contributed by atoms with van der Waals surface area (Å²) in [5.74, 6) is 0. The second-order valence-electron chi connectivity index (χ2n) is 8.38. The maximum atomic E-state index is 14.0. The zero-order valence-corrected chi connectivity index (χ0v) is 18.5. The molecule has 0 N–H and O–H groups in total. The van der Waals surface area contributed by atoms with E-state index in [0.29, 0.717) is 22.4 Å². The normalized spacial score (nSPS) is 12.6. The molecule has 0 aliphatic heterocycles. The Morgan fingerprint density at radius 2 is 1.26 bits per heavy atom. The Morgan fingerprint density at radius 1 is 0.686 bits per heavy atom. The molecule has 3 heterocycles. The summed E-state index contributed by atoms with van der Waals surface area (Å²) in [6, 6.07) is 15.4. The van der Waals surface area contributed by atoms with Crippen molar-refractivity contribution in [2.75, 3.05) is 0 Å². The van der Waals surface area contributed by atoms with E-state index < -0.39 is 34.6 Å². The molecule has 0 fully saturated rings. The Kier molecular flexibility index (Phi) is 5.12. The first kappa shape index (κ1) is 22.9. The van der Waals surface area contributed by atoms with Gasteiger partial charge in [0.1, 0.15) is 17.0 Å². The number of fused-ring (bicyclic) bond motifs is 3. The lowest BCUT2D eigenvalue weighted by Crippen LogP contribution is -2.15. The van der Waals surface area contributed by atoms with E-state index in [0.717, 1.165) is 11.1 Å². The van der Waals surface area contributed by atoms with Gasteiger partial charge in [0.15, 0.2) is 0 Å². The van der Waals surface area contributed by atoms with Gasteiger partial charge in [-0.25, -0.2) is 9.97 Å². The summed E-state index contributed by atoms with van der Waals surface area (Å²) in [6.45, 7) is 3.74. The van der Waals surface area contributed by atoms with E-state index in [1.807, 2.05) is 13.8 Å². The molecular weight excluding hydrogens is 468 g/mol. The lowest BCUT2D eigenvalue weighted by molar-refractivity contribution is -0.144. The van der Waals surface area contributed by atoms with E-state index in [9.17, 15) is 26.3 Å². The van der Waals surface area contributed by atoms with Crippen molar-refractivity contribution in [2.45, 2.75) is 26.2 Å². The number of benzene rings is 2. The van der Waals surface area contributed by atoms with Crippen LogP contribution in [0.15, 0.2) is 66.9 Å². The first-order chi connectivity index (χ1) is 16.4. The van der Waals surface area contributed by atoms with Gasteiger partial charge < -0.3 is 0 Å². The fourth-order valence-electron chi connectivity index (χ4n) is 4.07. The number of hydrogen-bond donors (Lipinski definition) is 0. The van der Waals surface area contributed by atoms with Crippen LogP contribution in [-0.2, 0) is 12.4 Å². The molecule has 9 heteroatoms. The summed E-state index contributed by atoms with van der Waals surface area (Å²) in [5.41, 5.74) is 0.449. The van der Waals surface area contributed by atoms with Crippen molar-refractivity contribution in [3.63, 3.8) is 0 Å². The second-order valence-corrected chi connectivity index (χ2v) is 8.38. The zero-order valence-electron chi connectivity index (χ0n) is 18.5. The molecule has 0 saturated heterocycles. The van der Waals surface area contributed by atoms with Gasteiger partial charge in [0.2, 0.25) is 0 Å². The Labute approximate surface area is 195 Å². The summed E-state index contributed by atoms with van der Waals surface area (Å²) in [6.07, 6.45) is -8.67. The van der Waals surface area contributed by atoms with Gasteiger partial charge in [-0.3, -0.25) is 4.40 Å². The van der Waals surface area contributed by atoms with Crippen molar-refractivity contribution < 1.29 is 26.3 Å². The van der Waals surface area contributed by atoms with Crippen molar-refractivity contribution in [3.05, 3.63) is 89.2 Å². The van der Waals surface area contributed by atoms with E-state index in [1.165, 1.54) is 16.7 Å².